The van der Waals surface area contributed by atoms with E-state index in [-0.39, 0.29) is 18.9 Å². The van der Waals surface area contributed by atoms with Gasteiger partial charge in [-0.15, -0.1) is 0 Å². The molecule has 22 heavy (non-hydrogen) atoms. The summed E-state index contributed by atoms with van der Waals surface area (Å²) in [5.41, 5.74) is 0.653. The fourth-order valence-corrected chi connectivity index (χ4v) is 3.78. The van der Waals surface area contributed by atoms with Crippen molar-refractivity contribution in [2.75, 3.05) is 5.32 Å². The summed E-state index contributed by atoms with van der Waals surface area (Å²) in [6, 6.07) is 3.58. The Morgan fingerprint density at radius 3 is 2.95 bits per heavy atom. The maximum absolute atomic E-state index is 12.5. The molecule has 0 aromatic carbocycles. The molecule has 1 saturated carbocycles. The summed E-state index contributed by atoms with van der Waals surface area (Å²) in [6.07, 6.45) is 8.85. The molecule has 122 valence electrons. The molecule has 1 amide bonds. The largest absolute Gasteiger partial charge is 0.323 e. The quantitative estimate of drug-likeness (QED) is 0.901. The standard InChI is InChI=1S/C17H25N3O2.H2/c1-2-20-11-13(8-10-16(20)21)18-17(22)15-9-7-12-5-3-4-6-14(12)19-15;/h8,10-12,14-15,19H,2-7,9H2,1H3,(H,18,22);1H. The molecule has 3 unspecified atom stereocenters. The van der Waals surface area contributed by atoms with Gasteiger partial charge in [0, 0.05) is 26.3 Å². The molecule has 0 radical (unpaired) electrons. The second-order valence-corrected chi connectivity index (χ2v) is 6.48. The minimum Gasteiger partial charge on any atom is -0.323 e. The smallest absolute Gasteiger partial charge is 0.250 e. The highest BCUT2D eigenvalue weighted by Crippen LogP contribution is 2.32. The van der Waals surface area contributed by atoms with Crippen molar-refractivity contribution in [3.63, 3.8) is 0 Å². The first-order valence-electron chi connectivity index (χ1n) is 8.45. The van der Waals surface area contributed by atoms with Gasteiger partial charge in [0.1, 0.15) is 0 Å². The average Bonchev–Trinajstić information content (AvgIpc) is 2.56. The zero-order valence-corrected chi connectivity index (χ0v) is 13.2. The van der Waals surface area contributed by atoms with Crippen LogP contribution >= 0.6 is 0 Å². The number of aromatic nitrogens is 1. The van der Waals surface area contributed by atoms with Crippen LogP contribution in [0, 0.1) is 5.92 Å². The number of carbonyl (C=O) groups excluding carboxylic acids is 1. The molecule has 0 spiro atoms. The minimum absolute atomic E-state index is 0. The molecule has 3 rings (SSSR count). The average molecular weight is 305 g/mol. The zero-order chi connectivity index (χ0) is 15.5. The summed E-state index contributed by atoms with van der Waals surface area (Å²) in [7, 11) is 0. The Morgan fingerprint density at radius 2 is 2.14 bits per heavy atom. The van der Waals surface area contributed by atoms with Gasteiger partial charge in [-0.05, 0) is 44.6 Å². The van der Waals surface area contributed by atoms with E-state index in [4.69, 9.17) is 0 Å². The molecule has 1 aliphatic carbocycles. The first-order valence-corrected chi connectivity index (χ1v) is 8.45. The summed E-state index contributed by atoms with van der Waals surface area (Å²) in [6.45, 7) is 2.52. The Balaban J connectivity index is 0.00000192. The van der Waals surface area contributed by atoms with Gasteiger partial charge in [0.2, 0.25) is 5.91 Å². The summed E-state index contributed by atoms with van der Waals surface area (Å²) < 4.78 is 1.60. The number of anilines is 1. The van der Waals surface area contributed by atoms with Crippen LogP contribution in [0.15, 0.2) is 23.1 Å². The monoisotopic (exact) mass is 305 g/mol. The van der Waals surface area contributed by atoms with E-state index in [1.165, 1.54) is 31.7 Å². The number of nitrogens with zero attached hydrogens (tertiary/aromatic N) is 1. The van der Waals surface area contributed by atoms with Crippen molar-refractivity contribution in [2.24, 2.45) is 5.92 Å². The maximum atomic E-state index is 12.5. The molecule has 2 aliphatic rings. The number of carbonyl (C=O) groups is 1. The van der Waals surface area contributed by atoms with E-state index in [2.05, 4.69) is 10.6 Å². The van der Waals surface area contributed by atoms with Crippen molar-refractivity contribution in [3.05, 3.63) is 28.7 Å². The van der Waals surface area contributed by atoms with Crippen molar-refractivity contribution in [1.82, 2.24) is 9.88 Å². The Hall–Kier alpha value is -1.62. The first kappa shape index (κ1) is 15.3. The van der Waals surface area contributed by atoms with Crippen LogP contribution < -0.4 is 16.2 Å². The number of nitrogens with one attached hydrogen (secondary N) is 2. The van der Waals surface area contributed by atoms with Gasteiger partial charge in [0.25, 0.3) is 5.56 Å². The number of fused-ring (bicyclic) bond motifs is 1. The molecular weight excluding hydrogens is 278 g/mol. The number of hydrogen-bond donors (Lipinski definition) is 2. The van der Waals surface area contributed by atoms with E-state index < -0.39 is 0 Å². The van der Waals surface area contributed by atoms with Crippen LogP contribution in [0.4, 0.5) is 5.69 Å². The number of amides is 1. The molecule has 1 aliphatic heterocycles. The SMILES string of the molecule is CCn1cc(NC(=O)C2CCC3CCCCC3N2)ccc1=O.[HH]. The lowest BCUT2D eigenvalue weighted by Crippen LogP contribution is -2.53. The van der Waals surface area contributed by atoms with E-state index in [1.807, 2.05) is 6.92 Å². The highest BCUT2D eigenvalue weighted by molar-refractivity contribution is 5.94. The summed E-state index contributed by atoms with van der Waals surface area (Å²) in [4.78, 5) is 24.1. The Morgan fingerprint density at radius 1 is 1.32 bits per heavy atom. The topological polar surface area (TPSA) is 63.1 Å². The first-order chi connectivity index (χ1) is 10.7. The number of aryl methyl sites for hydroxylation is 1. The lowest BCUT2D eigenvalue weighted by molar-refractivity contribution is -0.119. The van der Waals surface area contributed by atoms with E-state index in [1.54, 1.807) is 16.8 Å². The number of rotatable bonds is 3. The number of pyridine rings is 1. The van der Waals surface area contributed by atoms with Crippen LogP contribution in [-0.4, -0.2) is 22.6 Å². The normalized spacial score (nSPS) is 28.0. The molecule has 1 aromatic rings. The van der Waals surface area contributed by atoms with Crippen molar-refractivity contribution in [2.45, 2.75) is 64.1 Å². The van der Waals surface area contributed by atoms with Crippen LogP contribution in [0.3, 0.4) is 0 Å². The van der Waals surface area contributed by atoms with Crippen LogP contribution in [0.1, 0.15) is 46.9 Å². The second kappa shape index (κ2) is 6.65. The Kier molecular flexibility index (Phi) is 4.62. The summed E-state index contributed by atoms with van der Waals surface area (Å²) >= 11 is 0. The molecule has 0 bridgehead atoms. The van der Waals surface area contributed by atoms with Gasteiger partial charge in [0.15, 0.2) is 0 Å². The highest BCUT2D eigenvalue weighted by atomic mass is 16.2. The van der Waals surface area contributed by atoms with Gasteiger partial charge in [-0.1, -0.05) is 12.8 Å². The van der Waals surface area contributed by atoms with Gasteiger partial charge in [-0.3, -0.25) is 9.59 Å². The molecule has 1 aromatic heterocycles. The number of hydrogen-bond acceptors (Lipinski definition) is 3. The van der Waals surface area contributed by atoms with Crippen LogP contribution in [0.5, 0.6) is 0 Å². The van der Waals surface area contributed by atoms with Crippen molar-refractivity contribution in [3.8, 4) is 0 Å². The summed E-state index contributed by atoms with van der Waals surface area (Å²) in [5.74, 6) is 0.769. The fourth-order valence-electron chi connectivity index (χ4n) is 3.78. The van der Waals surface area contributed by atoms with E-state index in [0.717, 1.165) is 18.8 Å². The predicted octanol–water partition coefficient (Wildman–Crippen LogP) is 2.36. The van der Waals surface area contributed by atoms with Crippen molar-refractivity contribution < 1.29 is 6.22 Å². The van der Waals surface area contributed by atoms with Gasteiger partial charge < -0.3 is 15.2 Å². The van der Waals surface area contributed by atoms with Crippen LogP contribution in [-0.2, 0) is 11.3 Å². The van der Waals surface area contributed by atoms with E-state index >= 15 is 0 Å². The maximum Gasteiger partial charge on any atom is 0.250 e. The Bertz CT molecular complexity index is 602. The van der Waals surface area contributed by atoms with Gasteiger partial charge in [-0.2, -0.15) is 0 Å². The molecule has 5 nitrogen and oxygen atoms in total. The molecule has 1 saturated heterocycles. The molecule has 3 atom stereocenters. The van der Waals surface area contributed by atoms with E-state index in [9.17, 15) is 9.59 Å². The van der Waals surface area contributed by atoms with Crippen molar-refractivity contribution >= 4 is 11.6 Å². The Labute approximate surface area is 132 Å². The predicted molar refractivity (Wildman–Crippen MR) is 89.0 cm³/mol. The fraction of sp³-hybridized carbons (Fsp3) is 0.647. The summed E-state index contributed by atoms with van der Waals surface area (Å²) in [5, 5.41) is 6.48. The zero-order valence-electron chi connectivity index (χ0n) is 13.2. The van der Waals surface area contributed by atoms with Gasteiger partial charge >= 0.3 is 0 Å². The number of piperidine rings is 1. The third-order valence-electron chi connectivity index (χ3n) is 5.06. The molecule has 2 fully saturated rings. The third-order valence-corrected chi connectivity index (χ3v) is 5.06. The van der Waals surface area contributed by atoms with E-state index in [0.29, 0.717) is 18.3 Å². The molecule has 5 heteroatoms. The third kappa shape index (κ3) is 3.24. The van der Waals surface area contributed by atoms with Gasteiger partial charge in [0.05, 0.1) is 11.7 Å². The highest BCUT2D eigenvalue weighted by Gasteiger charge is 2.34. The lowest BCUT2D eigenvalue weighted by atomic mass is 9.77. The second-order valence-electron chi connectivity index (χ2n) is 6.48. The van der Waals surface area contributed by atoms with Crippen molar-refractivity contribution in [1.29, 1.82) is 0 Å². The molecule has 2 heterocycles. The lowest BCUT2D eigenvalue weighted by Gasteiger charge is -2.39. The molecular formula is C17H27N3O2. The molecule has 2 N–H and O–H groups in total. The van der Waals surface area contributed by atoms with Crippen LogP contribution in [0.2, 0.25) is 0 Å². The van der Waals surface area contributed by atoms with Gasteiger partial charge in [-0.25, -0.2) is 0 Å². The van der Waals surface area contributed by atoms with Crippen LogP contribution in [0.25, 0.3) is 0 Å². The minimum atomic E-state index is -0.110.